The summed E-state index contributed by atoms with van der Waals surface area (Å²) >= 11 is 0. The van der Waals surface area contributed by atoms with Gasteiger partial charge in [0.2, 0.25) is 0 Å². The number of primary amides is 1. The molecule has 26 heavy (non-hydrogen) atoms. The fourth-order valence-corrected chi connectivity index (χ4v) is 3.27. The van der Waals surface area contributed by atoms with Gasteiger partial charge in [0.05, 0.1) is 11.3 Å². The number of benzene rings is 2. The molecule has 0 saturated carbocycles. The number of halogens is 2. The summed E-state index contributed by atoms with van der Waals surface area (Å²) in [6, 6.07) is 9.18. The fourth-order valence-electron chi connectivity index (χ4n) is 3.27. The monoisotopic (exact) mass is 357 g/mol. The zero-order chi connectivity index (χ0) is 19.2. The smallest absolute Gasteiger partial charge is 0.251 e. The van der Waals surface area contributed by atoms with Crippen molar-refractivity contribution < 1.29 is 14.9 Å². The number of carbonyl (C=O) groups is 1. The number of hydrogen-bond acceptors (Lipinski definition) is 3. The third kappa shape index (κ3) is 2.94. The van der Waals surface area contributed by atoms with Crippen LogP contribution in [-0.2, 0) is 0 Å². The molecule has 1 fully saturated rings. The van der Waals surface area contributed by atoms with Crippen LogP contribution in [0.4, 0.5) is 8.78 Å². The molecule has 0 radical (unpaired) electrons. The number of carbonyl (C=O) groups excluding carboxylic acids is 1. The maximum Gasteiger partial charge on any atom is 0.251 e. The first kappa shape index (κ1) is 15.5. The Morgan fingerprint density at radius 1 is 1.35 bits per heavy atom. The number of nitrogens with zero attached hydrogens (tertiary/aromatic N) is 2. The van der Waals surface area contributed by atoms with E-state index in [1.54, 1.807) is 30.5 Å². The van der Waals surface area contributed by atoms with Crippen LogP contribution >= 0.6 is 0 Å². The van der Waals surface area contributed by atoms with Crippen molar-refractivity contribution in [2.45, 2.75) is 18.5 Å². The number of nitrogens with one attached hydrogen (secondary N) is 1. The predicted molar refractivity (Wildman–Crippen MR) is 94.7 cm³/mol. The van der Waals surface area contributed by atoms with Crippen LogP contribution in [0.1, 0.15) is 29.6 Å². The molecule has 1 aliphatic rings. The molecular weight excluding hydrogens is 338 g/mol. The Balaban J connectivity index is 1.72. The molecule has 4 rings (SSSR count). The molecule has 0 aliphatic carbocycles. The van der Waals surface area contributed by atoms with E-state index in [4.69, 9.17) is 7.10 Å². The summed E-state index contributed by atoms with van der Waals surface area (Å²) in [7, 11) is 0. The van der Waals surface area contributed by atoms with Gasteiger partial charge in [-0.05, 0) is 42.8 Å². The Kier molecular flexibility index (Phi) is 3.86. The number of rotatable bonds is 3. The highest BCUT2D eigenvalue weighted by atomic mass is 19.1. The van der Waals surface area contributed by atoms with E-state index in [1.165, 1.54) is 10.7 Å². The van der Waals surface area contributed by atoms with Crippen molar-refractivity contribution in [3.63, 3.8) is 0 Å². The van der Waals surface area contributed by atoms with E-state index in [2.05, 4.69) is 10.4 Å². The van der Waals surface area contributed by atoms with Crippen molar-refractivity contribution in [2.24, 2.45) is 5.73 Å². The lowest BCUT2D eigenvalue weighted by atomic mass is 9.90. The largest absolute Gasteiger partial charge is 0.366 e. The number of hydrogen-bond donors (Lipinski definition) is 2. The summed E-state index contributed by atoms with van der Waals surface area (Å²) in [5.41, 5.74) is 6.86. The lowest BCUT2D eigenvalue weighted by Crippen LogP contribution is -2.36. The zero-order valence-corrected chi connectivity index (χ0v) is 13.9. The average Bonchev–Trinajstić information content (AvgIpc) is 3.07. The van der Waals surface area contributed by atoms with Gasteiger partial charge in [-0.2, -0.15) is 5.10 Å². The van der Waals surface area contributed by atoms with E-state index in [0.717, 1.165) is 6.07 Å². The number of amides is 1. The van der Waals surface area contributed by atoms with Gasteiger partial charge in [0.15, 0.2) is 0 Å². The minimum Gasteiger partial charge on any atom is -0.366 e. The SMILES string of the molecule is [2H][C@]1(c2ccc(-n3cc4cc(F)cc(C(N)=O)c4n3)cc2)CNCC[C@@H]1F. The molecule has 1 saturated heterocycles. The topological polar surface area (TPSA) is 72.9 Å². The van der Waals surface area contributed by atoms with Crippen LogP contribution in [0.5, 0.6) is 0 Å². The molecule has 5 nitrogen and oxygen atoms in total. The molecule has 2 heterocycles. The first-order chi connectivity index (χ1) is 12.9. The number of alkyl halides is 1. The van der Waals surface area contributed by atoms with E-state index in [1.807, 2.05) is 0 Å². The van der Waals surface area contributed by atoms with Crippen molar-refractivity contribution in [1.82, 2.24) is 15.1 Å². The maximum absolute atomic E-state index is 14.3. The van der Waals surface area contributed by atoms with Crippen LogP contribution in [-0.4, -0.2) is 34.9 Å². The van der Waals surface area contributed by atoms with Crippen molar-refractivity contribution in [3.05, 3.63) is 59.5 Å². The van der Waals surface area contributed by atoms with Gasteiger partial charge in [0.25, 0.3) is 5.91 Å². The summed E-state index contributed by atoms with van der Waals surface area (Å²) in [4.78, 5) is 11.5. The Morgan fingerprint density at radius 2 is 2.12 bits per heavy atom. The molecule has 1 aliphatic heterocycles. The van der Waals surface area contributed by atoms with Crippen molar-refractivity contribution >= 4 is 16.8 Å². The van der Waals surface area contributed by atoms with E-state index in [0.29, 0.717) is 35.1 Å². The van der Waals surface area contributed by atoms with Crippen molar-refractivity contribution in [1.29, 1.82) is 0 Å². The first-order valence-corrected chi connectivity index (χ1v) is 8.33. The van der Waals surface area contributed by atoms with Gasteiger partial charge < -0.3 is 11.1 Å². The number of nitrogens with two attached hydrogens (primary N) is 1. The highest BCUT2D eigenvalue weighted by Crippen LogP contribution is 2.27. The standard InChI is InChI=1S/C19H18F2N4O/c20-13-7-12-10-25(24-18(12)15(8-13)19(22)26)14-3-1-11(2-4-14)16-9-23-6-5-17(16)21/h1-4,7-8,10,16-17,23H,5-6,9H2,(H2,22,26)/t16-,17+/m1/s1/i16D. The van der Waals surface area contributed by atoms with Crippen LogP contribution in [0.15, 0.2) is 42.6 Å². The molecule has 134 valence electrons. The van der Waals surface area contributed by atoms with Gasteiger partial charge >= 0.3 is 0 Å². The van der Waals surface area contributed by atoms with E-state index < -0.39 is 23.8 Å². The molecule has 1 aromatic heterocycles. The summed E-state index contributed by atoms with van der Waals surface area (Å²) in [5, 5.41) is 7.85. The lowest BCUT2D eigenvalue weighted by molar-refractivity contribution is 0.100. The van der Waals surface area contributed by atoms with E-state index in [-0.39, 0.29) is 12.1 Å². The zero-order valence-electron chi connectivity index (χ0n) is 14.9. The number of piperidine rings is 1. The Hall–Kier alpha value is -2.80. The third-order valence-corrected chi connectivity index (χ3v) is 4.61. The van der Waals surface area contributed by atoms with Gasteiger partial charge in [0, 0.05) is 25.4 Å². The highest BCUT2D eigenvalue weighted by molar-refractivity contribution is 6.04. The number of fused-ring (bicyclic) bond motifs is 1. The first-order valence-electron chi connectivity index (χ1n) is 8.83. The molecule has 3 N–H and O–H groups in total. The Morgan fingerprint density at radius 3 is 2.81 bits per heavy atom. The van der Waals surface area contributed by atoms with Gasteiger partial charge in [-0.1, -0.05) is 12.1 Å². The molecule has 0 unspecified atom stereocenters. The normalized spacial score (nSPS) is 23.8. The third-order valence-electron chi connectivity index (χ3n) is 4.61. The number of aromatic nitrogens is 2. The molecular formula is C19H18F2N4O. The second-order valence-electron chi connectivity index (χ2n) is 6.33. The lowest BCUT2D eigenvalue weighted by Gasteiger charge is -2.27. The second-order valence-corrected chi connectivity index (χ2v) is 6.33. The minimum absolute atomic E-state index is 0.0130. The van der Waals surface area contributed by atoms with Gasteiger partial charge in [-0.3, -0.25) is 4.79 Å². The molecule has 2 atom stereocenters. The fraction of sp³-hybridized carbons (Fsp3) is 0.263. The van der Waals surface area contributed by atoms with Crippen LogP contribution in [0, 0.1) is 5.82 Å². The molecule has 7 heteroatoms. The van der Waals surface area contributed by atoms with E-state index in [9.17, 15) is 13.6 Å². The summed E-state index contributed by atoms with van der Waals surface area (Å²) in [6.45, 7) is 0.818. The quantitative estimate of drug-likeness (QED) is 0.757. The Labute approximate surface area is 150 Å². The van der Waals surface area contributed by atoms with Crippen molar-refractivity contribution in [3.8, 4) is 5.69 Å². The van der Waals surface area contributed by atoms with Gasteiger partial charge in [-0.25, -0.2) is 13.5 Å². The van der Waals surface area contributed by atoms with Crippen molar-refractivity contribution in [2.75, 3.05) is 13.1 Å². The minimum atomic E-state index is -1.33. The van der Waals surface area contributed by atoms with E-state index >= 15 is 0 Å². The average molecular weight is 357 g/mol. The maximum atomic E-state index is 14.3. The van der Waals surface area contributed by atoms with Gasteiger partial charge in [-0.15, -0.1) is 0 Å². The summed E-state index contributed by atoms with van der Waals surface area (Å²) < 4.78 is 38.0. The molecule has 2 aromatic carbocycles. The highest BCUT2D eigenvalue weighted by Gasteiger charge is 2.25. The summed E-state index contributed by atoms with van der Waals surface area (Å²) in [5.74, 6) is -2.65. The Bertz CT molecular complexity index is 1020. The molecule has 3 aromatic rings. The van der Waals surface area contributed by atoms with Crippen LogP contribution in [0.3, 0.4) is 0 Å². The predicted octanol–water partition coefficient (Wildman–Crippen LogP) is 2.68. The second kappa shape index (κ2) is 6.49. The van der Waals surface area contributed by atoms with Crippen LogP contribution in [0.25, 0.3) is 16.6 Å². The van der Waals surface area contributed by atoms with Crippen LogP contribution in [0.2, 0.25) is 0 Å². The van der Waals surface area contributed by atoms with Crippen LogP contribution < -0.4 is 11.1 Å². The van der Waals surface area contributed by atoms with Gasteiger partial charge in [0.1, 0.15) is 17.5 Å². The summed E-state index contributed by atoms with van der Waals surface area (Å²) in [6.07, 6.45) is 0.659. The molecule has 1 amide bonds. The molecule has 0 spiro atoms. The molecule has 0 bridgehead atoms.